The largest absolute Gasteiger partial charge is 0.451 e. The number of hydrogen-bond acceptors (Lipinski definition) is 2. The van der Waals surface area contributed by atoms with E-state index in [9.17, 15) is 22.0 Å². The first-order valence-electron chi connectivity index (χ1n) is 4.62. The first kappa shape index (κ1) is 12.3. The van der Waals surface area contributed by atoms with E-state index in [1.54, 1.807) is 0 Å². The Kier molecular flexibility index (Phi) is 3.14. The minimum atomic E-state index is -1.83. The van der Waals surface area contributed by atoms with Gasteiger partial charge in [-0.1, -0.05) is 0 Å². The Balaban J connectivity index is 2.42. The molecule has 7 heteroatoms. The predicted octanol–water partition coefficient (Wildman–Crippen LogP) is 3.57. The molecule has 0 unspecified atom stereocenters. The quantitative estimate of drug-likeness (QED) is 0.609. The zero-order valence-corrected chi connectivity index (χ0v) is 8.55. The van der Waals surface area contributed by atoms with Crippen LogP contribution in [0.25, 0.3) is 0 Å². The standard InChI is InChI=1S/C11H4F5NO/c12-5-1-3-6(4-2-5)18-9-7(13)10(15)17-11(16)8(9)14/h1-4H. The van der Waals surface area contributed by atoms with E-state index in [0.717, 1.165) is 24.3 Å². The zero-order chi connectivity index (χ0) is 13.3. The topological polar surface area (TPSA) is 22.1 Å². The van der Waals surface area contributed by atoms with Gasteiger partial charge in [-0.3, -0.25) is 0 Å². The van der Waals surface area contributed by atoms with Crippen LogP contribution in [0.2, 0.25) is 0 Å². The van der Waals surface area contributed by atoms with Crippen molar-refractivity contribution in [3.8, 4) is 11.5 Å². The smallest absolute Gasteiger partial charge is 0.255 e. The molecule has 0 saturated heterocycles. The second kappa shape index (κ2) is 4.59. The molecule has 2 nitrogen and oxygen atoms in total. The van der Waals surface area contributed by atoms with Crippen molar-refractivity contribution in [2.45, 2.75) is 0 Å². The van der Waals surface area contributed by atoms with Crippen molar-refractivity contribution >= 4 is 0 Å². The third-order valence-electron chi connectivity index (χ3n) is 1.99. The summed E-state index contributed by atoms with van der Waals surface area (Å²) in [4.78, 5) is 2.37. The van der Waals surface area contributed by atoms with Gasteiger partial charge in [0.1, 0.15) is 11.6 Å². The highest BCUT2D eigenvalue weighted by atomic mass is 19.2. The van der Waals surface area contributed by atoms with E-state index in [-0.39, 0.29) is 5.75 Å². The van der Waals surface area contributed by atoms with Gasteiger partial charge in [0.15, 0.2) is 0 Å². The maximum atomic E-state index is 13.2. The van der Waals surface area contributed by atoms with Crippen LogP contribution in [0.3, 0.4) is 0 Å². The monoisotopic (exact) mass is 261 g/mol. The molecule has 1 aromatic heterocycles. The lowest BCUT2D eigenvalue weighted by atomic mass is 10.3. The van der Waals surface area contributed by atoms with Gasteiger partial charge in [-0.2, -0.15) is 22.5 Å². The molecule has 0 spiro atoms. The zero-order valence-electron chi connectivity index (χ0n) is 8.55. The molecule has 0 fully saturated rings. The van der Waals surface area contributed by atoms with Gasteiger partial charge in [0, 0.05) is 0 Å². The van der Waals surface area contributed by atoms with Crippen LogP contribution in [0.5, 0.6) is 11.5 Å². The van der Waals surface area contributed by atoms with Crippen LogP contribution in [0.15, 0.2) is 24.3 Å². The highest BCUT2D eigenvalue weighted by molar-refractivity contribution is 5.32. The van der Waals surface area contributed by atoms with Crippen LogP contribution in [-0.2, 0) is 0 Å². The Bertz CT molecular complexity index is 559. The lowest BCUT2D eigenvalue weighted by Gasteiger charge is -2.08. The Morgan fingerprint density at radius 2 is 1.28 bits per heavy atom. The number of ether oxygens (including phenoxy) is 1. The molecule has 1 heterocycles. The fraction of sp³-hybridized carbons (Fsp3) is 0. The summed E-state index contributed by atoms with van der Waals surface area (Å²) in [7, 11) is 0. The van der Waals surface area contributed by atoms with Crippen LogP contribution >= 0.6 is 0 Å². The Morgan fingerprint density at radius 3 is 1.78 bits per heavy atom. The number of nitrogens with zero attached hydrogens (tertiary/aromatic N) is 1. The van der Waals surface area contributed by atoms with Gasteiger partial charge in [0.05, 0.1) is 0 Å². The molecule has 1 aromatic carbocycles. The molecule has 2 rings (SSSR count). The summed E-state index contributed by atoms with van der Waals surface area (Å²) in [6, 6.07) is 4.01. The van der Waals surface area contributed by atoms with E-state index in [1.807, 2.05) is 0 Å². The van der Waals surface area contributed by atoms with Crippen molar-refractivity contribution in [1.29, 1.82) is 0 Å². The highest BCUT2D eigenvalue weighted by Crippen LogP contribution is 2.29. The van der Waals surface area contributed by atoms with Crippen LogP contribution < -0.4 is 4.74 Å². The molecule has 0 aliphatic heterocycles. The van der Waals surface area contributed by atoms with E-state index in [2.05, 4.69) is 9.72 Å². The Hall–Kier alpha value is -2.18. The molecule has 0 bridgehead atoms. The average Bonchev–Trinajstić information content (AvgIpc) is 2.34. The number of halogens is 5. The van der Waals surface area contributed by atoms with Gasteiger partial charge in [-0.15, -0.1) is 0 Å². The Morgan fingerprint density at radius 1 is 0.778 bits per heavy atom. The summed E-state index contributed by atoms with van der Waals surface area (Å²) >= 11 is 0. The highest BCUT2D eigenvalue weighted by Gasteiger charge is 2.22. The van der Waals surface area contributed by atoms with Crippen molar-refractivity contribution in [2.75, 3.05) is 0 Å². The number of rotatable bonds is 2. The molecule has 0 aliphatic rings. The van der Waals surface area contributed by atoms with Crippen LogP contribution in [0.4, 0.5) is 22.0 Å². The molecular weight excluding hydrogens is 257 g/mol. The van der Waals surface area contributed by atoms with Crippen LogP contribution in [0.1, 0.15) is 0 Å². The van der Waals surface area contributed by atoms with E-state index in [0.29, 0.717) is 0 Å². The molecule has 0 amide bonds. The van der Waals surface area contributed by atoms with Gasteiger partial charge in [-0.05, 0) is 24.3 Å². The summed E-state index contributed by atoms with van der Waals surface area (Å²) in [5.74, 6) is -9.24. The van der Waals surface area contributed by atoms with Crippen molar-refractivity contribution in [3.63, 3.8) is 0 Å². The van der Waals surface area contributed by atoms with Crippen molar-refractivity contribution < 1.29 is 26.7 Å². The summed E-state index contributed by atoms with van der Waals surface area (Å²) < 4.78 is 69.0. The lowest BCUT2D eigenvalue weighted by Crippen LogP contribution is -2.03. The fourth-order valence-corrected chi connectivity index (χ4v) is 1.18. The SMILES string of the molecule is Fc1ccc(Oc2c(F)c(F)nc(F)c2F)cc1. The molecule has 2 aromatic rings. The van der Waals surface area contributed by atoms with Gasteiger partial charge in [0.2, 0.25) is 17.4 Å². The maximum Gasteiger partial charge on any atom is 0.255 e. The van der Waals surface area contributed by atoms with E-state index < -0.39 is 35.1 Å². The second-order valence-electron chi connectivity index (χ2n) is 3.21. The van der Waals surface area contributed by atoms with E-state index in [4.69, 9.17) is 0 Å². The number of hydrogen-bond donors (Lipinski definition) is 0. The minimum Gasteiger partial charge on any atom is -0.451 e. The van der Waals surface area contributed by atoms with Crippen LogP contribution in [0, 0.1) is 29.3 Å². The number of pyridine rings is 1. The first-order chi connectivity index (χ1) is 8.49. The maximum absolute atomic E-state index is 13.2. The summed E-state index contributed by atoms with van der Waals surface area (Å²) in [6.45, 7) is 0. The van der Waals surface area contributed by atoms with Crippen molar-refractivity contribution in [2.24, 2.45) is 0 Å². The fourth-order valence-electron chi connectivity index (χ4n) is 1.18. The van der Waals surface area contributed by atoms with Gasteiger partial charge in [0.25, 0.3) is 11.9 Å². The first-order valence-corrected chi connectivity index (χ1v) is 4.62. The second-order valence-corrected chi connectivity index (χ2v) is 3.21. The molecule has 0 aliphatic carbocycles. The molecule has 94 valence electrons. The predicted molar refractivity (Wildman–Crippen MR) is 50.5 cm³/mol. The van der Waals surface area contributed by atoms with E-state index >= 15 is 0 Å². The lowest BCUT2D eigenvalue weighted by molar-refractivity contribution is 0.343. The van der Waals surface area contributed by atoms with E-state index in [1.165, 1.54) is 0 Å². The summed E-state index contributed by atoms with van der Waals surface area (Å²) in [6.07, 6.45) is 0. The van der Waals surface area contributed by atoms with Crippen molar-refractivity contribution in [3.05, 3.63) is 53.6 Å². The summed E-state index contributed by atoms with van der Waals surface area (Å²) in [5, 5.41) is 0. The van der Waals surface area contributed by atoms with Gasteiger partial charge < -0.3 is 4.74 Å². The average molecular weight is 261 g/mol. The minimum absolute atomic E-state index is 0.181. The third kappa shape index (κ3) is 2.24. The Labute approximate surface area is 97.6 Å². The molecule has 0 saturated carbocycles. The molecular formula is C11H4F5NO. The van der Waals surface area contributed by atoms with Gasteiger partial charge >= 0.3 is 0 Å². The molecule has 0 radical (unpaired) electrons. The normalized spacial score (nSPS) is 10.5. The molecule has 0 N–H and O–H groups in total. The third-order valence-corrected chi connectivity index (χ3v) is 1.99. The molecule has 18 heavy (non-hydrogen) atoms. The summed E-state index contributed by atoms with van der Waals surface area (Å²) in [5.41, 5.74) is 0. The number of benzene rings is 1. The number of aromatic nitrogens is 1. The van der Waals surface area contributed by atoms with Gasteiger partial charge in [-0.25, -0.2) is 4.39 Å². The molecule has 0 atom stereocenters. The van der Waals surface area contributed by atoms with Crippen LogP contribution in [-0.4, -0.2) is 4.98 Å². The van der Waals surface area contributed by atoms with Crippen molar-refractivity contribution in [1.82, 2.24) is 4.98 Å².